The zero-order valence-electron chi connectivity index (χ0n) is 11.8. The maximum Gasteiger partial charge on any atom is 0.248 e. The van der Waals surface area contributed by atoms with Crippen molar-refractivity contribution in [3.8, 4) is 0 Å². The van der Waals surface area contributed by atoms with Crippen LogP contribution in [0.25, 0.3) is 5.70 Å². The molecule has 1 atom stereocenters. The van der Waals surface area contributed by atoms with Crippen LogP contribution in [0.5, 0.6) is 0 Å². The Morgan fingerprint density at radius 2 is 1.96 bits per heavy atom. The van der Waals surface area contributed by atoms with Crippen LogP contribution in [-0.2, 0) is 0 Å². The second-order valence-electron chi connectivity index (χ2n) is 5.16. The Morgan fingerprint density at radius 3 is 2.74 bits per heavy atom. The van der Waals surface area contributed by atoms with Crippen LogP contribution in [0.15, 0.2) is 54.6 Å². The normalized spacial score (nSPS) is 16.4. The van der Waals surface area contributed by atoms with Crippen LogP contribution in [0.3, 0.4) is 0 Å². The first-order chi connectivity index (χ1) is 11.2. The summed E-state index contributed by atoms with van der Waals surface area (Å²) < 4.78 is 2.95. The lowest BCUT2D eigenvalue weighted by molar-refractivity contribution is 0.586. The van der Waals surface area contributed by atoms with Gasteiger partial charge in [0.25, 0.3) is 0 Å². The van der Waals surface area contributed by atoms with E-state index >= 15 is 0 Å². The minimum Gasteiger partial charge on any atom is -0.323 e. The first kappa shape index (κ1) is 14.6. The Morgan fingerprint density at radius 1 is 1.13 bits per heavy atom. The molecule has 0 aliphatic carbocycles. The van der Waals surface area contributed by atoms with Crippen molar-refractivity contribution >= 4 is 45.8 Å². The molecular weight excluding hydrogens is 425 g/mol. The SMILES string of the molecule is Clc1cccc(C2C=C(c3ccc(I)cc3)Nc3nnnn32)c1. The molecule has 2 heterocycles. The molecule has 2 aromatic carbocycles. The molecule has 3 aromatic rings. The Balaban J connectivity index is 1.81. The van der Waals surface area contributed by atoms with E-state index in [-0.39, 0.29) is 6.04 Å². The number of hydrogen-bond acceptors (Lipinski definition) is 4. The van der Waals surface area contributed by atoms with Crippen LogP contribution in [0.2, 0.25) is 5.02 Å². The molecular formula is C16H11ClIN5. The zero-order chi connectivity index (χ0) is 15.8. The van der Waals surface area contributed by atoms with Gasteiger partial charge in [-0.2, -0.15) is 4.68 Å². The van der Waals surface area contributed by atoms with E-state index < -0.39 is 0 Å². The molecule has 0 amide bonds. The molecule has 1 N–H and O–H groups in total. The number of halogens is 2. The molecule has 0 bridgehead atoms. The number of allylic oxidation sites excluding steroid dienone is 1. The maximum absolute atomic E-state index is 6.14. The lowest BCUT2D eigenvalue weighted by atomic mass is 10.0. The molecule has 5 nitrogen and oxygen atoms in total. The number of hydrogen-bond donors (Lipinski definition) is 1. The van der Waals surface area contributed by atoms with Crippen molar-refractivity contribution in [3.05, 3.63) is 74.3 Å². The molecule has 1 unspecified atom stereocenters. The van der Waals surface area contributed by atoms with Gasteiger partial charge in [-0.25, -0.2) is 0 Å². The summed E-state index contributed by atoms with van der Waals surface area (Å²) in [6.45, 7) is 0. The van der Waals surface area contributed by atoms with Crippen LogP contribution >= 0.6 is 34.2 Å². The smallest absolute Gasteiger partial charge is 0.248 e. The lowest BCUT2D eigenvalue weighted by Crippen LogP contribution is -2.20. The van der Waals surface area contributed by atoms with E-state index in [4.69, 9.17) is 11.6 Å². The zero-order valence-corrected chi connectivity index (χ0v) is 14.7. The highest BCUT2D eigenvalue weighted by Crippen LogP contribution is 2.32. The third kappa shape index (κ3) is 2.84. The molecule has 0 fully saturated rings. The Kier molecular flexibility index (Phi) is 3.78. The third-order valence-electron chi connectivity index (χ3n) is 3.67. The highest BCUT2D eigenvalue weighted by Gasteiger charge is 2.24. The first-order valence-corrected chi connectivity index (χ1v) is 8.44. The van der Waals surface area contributed by atoms with E-state index in [1.54, 1.807) is 4.68 Å². The summed E-state index contributed by atoms with van der Waals surface area (Å²) in [5.41, 5.74) is 3.11. The minimum absolute atomic E-state index is 0.103. The summed E-state index contributed by atoms with van der Waals surface area (Å²) in [7, 11) is 0. The summed E-state index contributed by atoms with van der Waals surface area (Å²) in [4.78, 5) is 0. The largest absolute Gasteiger partial charge is 0.323 e. The van der Waals surface area contributed by atoms with Crippen molar-refractivity contribution in [1.82, 2.24) is 20.2 Å². The quantitative estimate of drug-likeness (QED) is 0.619. The van der Waals surface area contributed by atoms with Crippen LogP contribution in [0.4, 0.5) is 5.95 Å². The standard InChI is InChI=1S/C16H11ClIN5/c17-12-3-1-2-11(8-12)15-9-14(10-4-6-13(18)7-5-10)19-16-20-21-22-23(15)16/h1-9,15H,(H,19,20,22). The molecule has 0 radical (unpaired) electrons. The predicted octanol–water partition coefficient (Wildman–Crippen LogP) is 3.99. The summed E-state index contributed by atoms with van der Waals surface area (Å²) in [5, 5.41) is 15.9. The summed E-state index contributed by atoms with van der Waals surface area (Å²) in [6.07, 6.45) is 2.11. The Labute approximate surface area is 151 Å². The Bertz CT molecular complexity index is 887. The van der Waals surface area contributed by atoms with Crippen molar-refractivity contribution < 1.29 is 0 Å². The van der Waals surface area contributed by atoms with Crippen molar-refractivity contribution in [3.63, 3.8) is 0 Å². The number of nitrogens with zero attached hydrogens (tertiary/aromatic N) is 4. The molecule has 4 rings (SSSR count). The fourth-order valence-electron chi connectivity index (χ4n) is 2.58. The summed E-state index contributed by atoms with van der Waals surface area (Å²) >= 11 is 8.43. The van der Waals surface area contributed by atoms with E-state index in [9.17, 15) is 0 Å². The monoisotopic (exact) mass is 435 g/mol. The van der Waals surface area contributed by atoms with Crippen molar-refractivity contribution in [2.24, 2.45) is 0 Å². The highest BCUT2D eigenvalue weighted by molar-refractivity contribution is 14.1. The van der Waals surface area contributed by atoms with Gasteiger partial charge in [0.1, 0.15) is 6.04 Å². The first-order valence-electron chi connectivity index (χ1n) is 6.99. The predicted molar refractivity (Wildman–Crippen MR) is 98.2 cm³/mol. The van der Waals surface area contributed by atoms with Crippen LogP contribution in [0.1, 0.15) is 17.2 Å². The number of nitrogens with one attached hydrogen (secondary N) is 1. The van der Waals surface area contributed by atoms with Crippen LogP contribution in [-0.4, -0.2) is 20.2 Å². The molecule has 0 saturated carbocycles. The van der Waals surface area contributed by atoms with Crippen molar-refractivity contribution in [2.75, 3.05) is 5.32 Å². The van der Waals surface area contributed by atoms with Gasteiger partial charge in [-0.15, -0.1) is 0 Å². The summed E-state index contributed by atoms with van der Waals surface area (Å²) in [6, 6.07) is 16.0. The fourth-order valence-corrected chi connectivity index (χ4v) is 3.14. The number of rotatable bonds is 2. The van der Waals surface area contributed by atoms with Gasteiger partial charge in [0.2, 0.25) is 5.95 Å². The van der Waals surface area contributed by atoms with E-state index in [2.05, 4.69) is 73.8 Å². The Hall–Kier alpha value is -1.93. The average molecular weight is 436 g/mol. The molecule has 1 aliphatic rings. The second kappa shape index (κ2) is 5.93. The molecule has 0 spiro atoms. The van der Waals surface area contributed by atoms with E-state index in [0.717, 1.165) is 16.8 Å². The molecule has 7 heteroatoms. The van der Waals surface area contributed by atoms with Gasteiger partial charge in [0, 0.05) is 14.3 Å². The van der Waals surface area contributed by atoms with Gasteiger partial charge in [-0.3, -0.25) is 0 Å². The second-order valence-corrected chi connectivity index (χ2v) is 6.84. The topological polar surface area (TPSA) is 55.6 Å². The van der Waals surface area contributed by atoms with Crippen molar-refractivity contribution in [2.45, 2.75) is 6.04 Å². The van der Waals surface area contributed by atoms with E-state index in [1.165, 1.54) is 3.57 Å². The lowest BCUT2D eigenvalue weighted by Gasteiger charge is -2.23. The van der Waals surface area contributed by atoms with Gasteiger partial charge in [0.05, 0.1) is 0 Å². The van der Waals surface area contributed by atoms with Gasteiger partial charge >= 0.3 is 0 Å². The average Bonchev–Trinajstić information content (AvgIpc) is 3.03. The number of anilines is 1. The number of tetrazole rings is 1. The van der Waals surface area contributed by atoms with Crippen LogP contribution < -0.4 is 5.32 Å². The molecule has 0 saturated heterocycles. The van der Waals surface area contributed by atoms with Crippen molar-refractivity contribution in [1.29, 1.82) is 0 Å². The van der Waals surface area contributed by atoms with E-state index in [0.29, 0.717) is 11.0 Å². The molecule has 1 aromatic heterocycles. The van der Waals surface area contributed by atoms with Crippen LogP contribution in [0, 0.1) is 3.57 Å². The highest BCUT2D eigenvalue weighted by atomic mass is 127. The molecule has 1 aliphatic heterocycles. The van der Waals surface area contributed by atoms with E-state index in [1.807, 2.05) is 24.3 Å². The maximum atomic E-state index is 6.14. The number of benzene rings is 2. The van der Waals surface area contributed by atoms with Gasteiger partial charge in [0.15, 0.2) is 0 Å². The van der Waals surface area contributed by atoms with Gasteiger partial charge < -0.3 is 5.32 Å². The fraction of sp³-hybridized carbons (Fsp3) is 0.0625. The third-order valence-corrected chi connectivity index (χ3v) is 4.63. The number of aromatic nitrogens is 4. The molecule has 23 heavy (non-hydrogen) atoms. The van der Waals surface area contributed by atoms with Gasteiger partial charge in [-0.1, -0.05) is 41.0 Å². The molecule has 114 valence electrons. The summed E-state index contributed by atoms with van der Waals surface area (Å²) in [5.74, 6) is 0.617. The minimum atomic E-state index is -0.103. The number of fused-ring (bicyclic) bond motifs is 1. The van der Waals surface area contributed by atoms with Gasteiger partial charge in [-0.05, 0) is 74.5 Å².